The number of aliphatic hydroxyl groups is 3. The molecule has 0 spiro atoms. The monoisotopic (exact) mass is 714 g/mol. The number of allylic oxidation sites excluding steroid dienone is 1. The first-order valence-electron chi connectivity index (χ1n) is 17.0. The number of nitrogens with two attached hydrogens (primary N) is 1. The van der Waals surface area contributed by atoms with E-state index in [4.69, 9.17) is 15.2 Å². The van der Waals surface area contributed by atoms with Gasteiger partial charge < -0.3 is 46.5 Å². The Bertz CT molecular complexity index is 1920. The zero-order valence-electron chi connectivity index (χ0n) is 30.4. The van der Waals surface area contributed by atoms with Crippen molar-refractivity contribution in [3.63, 3.8) is 0 Å². The highest BCUT2D eigenvalue weighted by Crippen LogP contribution is 2.27. The molecule has 0 bridgehead atoms. The normalized spacial score (nSPS) is 12.4. The number of nitrogen functional groups attached to an aromatic ring is 1. The molecule has 0 unspecified atom stereocenters. The van der Waals surface area contributed by atoms with E-state index in [1.807, 2.05) is 37.3 Å². The van der Waals surface area contributed by atoms with Crippen molar-refractivity contribution in [2.24, 2.45) is 0 Å². The minimum absolute atomic E-state index is 0.0164. The van der Waals surface area contributed by atoms with Crippen LogP contribution in [0.5, 0.6) is 11.5 Å². The Morgan fingerprint density at radius 1 is 0.865 bits per heavy atom. The lowest BCUT2D eigenvalue weighted by molar-refractivity contribution is 0.0653. The number of hydrogen-bond acceptors (Lipinski definition) is 15. The molecule has 5 rings (SSSR count). The average molecular weight is 715 g/mol. The Morgan fingerprint density at radius 2 is 1.48 bits per heavy atom. The zero-order valence-corrected chi connectivity index (χ0v) is 30.4. The molecule has 1 aromatic carbocycles. The van der Waals surface area contributed by atoms with Gasteiger partial charge in [-0.15, -0.1) is 6.58 Å². The van der Waals surface area contributed by atoms with Crippen LogP contribution in [0.15, 0.2) is 67.0 Å². The van der Waals surface area contributed by atoms with Crippen LogP contribution in [0.1, 0.15) is 52.0 Å². The summed E-state index contributed by atoms with van der Waals surface area (Å²) in [6.45, 7) is 9.77. The Kier molecular flexibility index (Phi) is 14.2. The lowest BCUT2D eigenvalue weighted by atomic mass is 9.99. The quantitative estimate of drug-likeness (QED) is 0.0649. The number of pyridine rings is 2. The summed E-state index contributed by atoms with van der Waals surface area (Å²) < 4.78 is 10.7. The minimum atomic E-state index is -0.778. The van der Waals surface area contributed by atoms with Crippen molar-refractivity contribution in [3.8, 4) is 11.5 Å². The number of rotatable bonds is 17. The molecular formula is C37H50N10O5. The first-order valence-corrected chi connectivity index (χ1v) is 17.0. The van der Waals surface area contributed by atoms with Gasteiger partial charge in [-0.1, -0.05) is 5.57 Å². The zero-order chi connectivity index (χ0) is 37.7. The fourth-order valence-corrected chi connectivity index (χ4v) is 5.16. The van der Waals surface area contributed by atoms with Crippen molar-refractivity contribution in [1.82, 2.24) is 29.9 Å². The van der Waals surface area contributed by atoms with E-state index in [1.165, 1.54) is 0 Å². The van der Waals surface area contributed by atoms with Gasteiger partial charge in [0, 0.05) is 30.6 Å². The van der Waals surface area contributed by atoms with Gasteiger partial charge in [0.15, 0.2) is 11.6 Å². The molecule has 8 N–H and O–H groups in total. The van der Waals surface area contributed by atoms with Gasteiger partial charge in [-0.25, -0.2) is 9.97 Å². The first-order chi connectivity index (χ1) is 24.9. The third kappa shape index (κ3) is 11.6. The molecule has 15 heteroatoms. The SMILES string of the molecule is C=C(C)CC[C@H](CO)Nc1nc(NCc2ccc(OC)cc2OC)nc2cccnc12.CC(C)(O)CC[C@H](CO)Nc1nc(N)nc2cccnc12. The number of anilines is 4. The van der Waals surface area contributed by atoms with Crippen molar-refractivity contribution in [1.29, 1.82) is 0 Å². The van der Waals surface area contributed by atoms with E-state index in [0.29, 0.717) is 64.8 Å². The van der Waals surface area contributed by atoms with Crippen molar-refractivity contribution in [2.45, 2.75) is 70.7 Å². The molecule has 0 saturated carbocycles. The van der Waals surface area contributed by atoms with Crippen molar-refractivity contribution in [3.05, 3.63) is 72.6 Å². The summed E-state index contributed by atoms with van der Waals surface area (Å²) in [6, 6.07) is 12.5. The highest BCUT2D eigenvalue weighted by molar-refractivity contribution is 5.86. The van der Waals surface area contributed by atoms with E-state index >= 15 is 0 Å². The predicted octanol–water partition coefficient (Wildman–Crippen LogP) is 4.71. The maximum Gasteiger partial charge on any atom is 0.225 e. The number of nitrogens with zero attached hydrogens (tertiary/aromatic N) is 6. The van der Waals surface area contributed by atoms with Crippen LogP contribution in [-0.4, -0.2) is 90.3 Å². The molecular weight excluding hydrogens is 664 g/mol. The number of methoxy groups -OCH3 is 2. The van der Waals surface area contributed by atoms with Gasteiger partial charge in [-0.2, -0.15) is 9.97 Å². The van der Waals surface area contributed by atoms with Crippen molar-refractivity contribution in [2.75, 3.05) is 49.1 Å². The highest BCUT2D eigenvalue weighted by Gasteiger charge is 2.19. The third-order valence-corrected chi connectivity index (χ3v) is 8.00. The lowest BCUT2D eigenvalue weighted by Crippen LogP contribution is -2.29. The van der Waals surface area contributed by atoms with Crippen molar-refractivity contribution >= 4 is 45.6 Å². The number of nitrogens with one attached hydrogen (secondary N) is 3. The second-order valence-corrected chi connectivity index (χ2v) is 13.0. The van der Waals surface area contributed by atoms with E-state index in [2.05, 4.69) is 52.4 Å². The summed E-state index contributed by atoms with van der Waals surface area (Å²) >= 11 is 0. The molecule has 2 atom stereocenters. The van der Waals surface area contributed by atoms with Gasteiger partial charge in [0.2, 0.25) is 11.9 Å². The molecule has 0 fully saturated rings. The molecule has 278 valence electrons. The van der Waals surface area contributed by atoms with Gasteiger partial charge in [0.05, 0.1) is 56.2 Å². The molecule has 4 heterocycles. The number of aliphatic hydroxyl groups excluding tert-OH is 2. The molecule has 4 aromatic heterocycles. The maximum absolute atomic E-state index is 9.80. The molecule has 0 aliphatic carbocycles. The van der Waals surface area contributed by atoms with Gasteiger partial charge in [-0.05, 0) is 82.9 Å². The fourth-order valence-electron chi connectivity index (χ4n) is 5.16. The van der Waals surface area contributed by atoms with E-state index in [9.17, 15) is 15.3 Å². The Labute approximate surface area is 303 Å². The number of ether oxygens (including phenoxy) is 2. The van der Waals surface area contributed by atoms with Crippen LogP contribution in [-0.2, 0) is 6.54 Å². The van der Waals surface area contributed by atoms with Crippen molar-refractivity contribution < 1.29 is 24.8 Å². The van der Waals surface area contributed by atoms with E-state index in [-0.39, 0.29) is 31.2 Å². The Balaban J connectivity index is 0.000000251. The number of hydrogen-bond donors (Lipinski definition) is 7. The van der Waals surface area contributed by atoms with Crippen LogP contribution in [0.3, 0.4) is 0 Å². The molecule has 52 heavy (non-hydrogen) atoms. The number of benzene rings is 1. The molecule has 0 aliphatic rings. The summed E-state index contributed by atoms with van der Waals surface area (Å²) in [5.74, 6) is 3.12. The molecule has 15 nitrogen and oxygen atoms in total. The van der Waals surface area contributed by atoms with Gasteiger partial charge in [0.25, 0.3) is 0 Å². The largest absolute Gasteiger partial charge is 0.497 e. The standard InChI is InChI=1S/C23H29N5O3.C14H21N5O2/c1-15(2)7-9-17(14-29)26-22-21-19(6-5-11-24-21)27-23(28-22)25-13-16-8-10-18(30-3)12-20(16)31-4;1-14(2,21)6-5-9(8-20)17-12-11-10(4-3-7-16-11)18-13(15)19-12/h5-6,8,10-12,17,29H,1,7,9,13-14H2,2-4H3,(H2,25,26,27,28);3-4,7,9,20-21H,5-6,8H2,1-2H3,(H3,15,17,18,19)/t17-;9-/m11/s1. The average Bonchev–Trinajstić information content (AvgIpc) is 3.13. The number of fused-ring (bicyclic) bond motifs is 2. The fraction of sp³-hybridized carbons (Fsp3) is 0.405. The second-order valence-electron chi connectivity index (χ2n) is 13.0. The van der Waals surface area contributed by atoms with E-state index in [0.717, 1.165) is 29.7 Å². The maximum atomic E-state index is 9.80. The first kappa shape index (κ1) is 39.4. The summed E-state index contributed by atoms with van der Waals surface area (Å²) in [7, 11) is 3.24. The Hall–Kier alpha value is -5.38. The highest BCUT2D eigenvalue weighted by atomic mass is 16.5. The molecule has 5 aromatic rings. The van der Waals surface area contributed by atoms with Crippen LogP contribution in [0, 0.1) is 0 Å². The van der Waals surface area contributed by atoms with Crippen LogP contribution >= 0.6 is 0 Å². The lowest BCUT2D eigenvalue weighted by Gasteiger charge is -2.22. The van der Waals surface area contributed by atoms with Crippen LogP contribution < -0.4 is 31.2 Å². The summed E-state index contributed by atoms with van der Waals surface area (Å²) in [4.78, 5) is 26.1. The summed E-state index contributed by atoms with van der Waals surface area (Å²) in [5.41, 5.74) is 9.55. The molecule has 0 amide bonds. The van der Waals surface area contributed by atoms with Crippen LogP contribution in [0.25, 0.3) is 22.1 Å². The Morgan fingerprint density at radius 3 is 2.06 bits per heavy atom. The summed E-state index contributed by atoms with van der Waals surface area (Å²) in [6.07, 6.45) is 6.06. The summed E-state index contributed by atoms with van der Waals surface area (Å²) in [5, 5.41) is 38.8. The molecule has 0 radical (unpaired) electrons. The molecule has 0 saturated heterocycles. The topological polar surface area (TPSA) is 219 Å². The van der Waals surface area contributed by atoms with Crippen LogP contribution in [0.4, 0.5) is 23.5 Å². The van der Waals surface area contributed by atoms with Gasteiger partial charge >= 0.3 is 0 Å². The van der Waals surface area contributed by atoms with E-state index < -0.39 is 5.60 Å². The van der Waals surface area contributed by atoms with Crippen LogP contribution in [0.2, 0.25) is 0 Å². The van der Waals surface area contributed by atoms with Gasteiger partial charge in [-0.3, -0.25) is 9.97 Å². The van der Waals surface area contributed by atoms with Gasteiger partial charge in [0.1, 0.15) is 22.5 Å². The predicted molar refractivity (Wildman–Crippen MR) is 205 cm³/mol. The molecule has 0 aliphatic heterocycles. The minimum Gasteiger partial charge on any atom is -0.497 e. The smallest absolute Gasteiger partial charge is 0.225 e. The number of aromatic nitrogens is 6. The third-order valence-electron chi connectivity index (χ3n) is 8.00. The van der Waals surface area contributed by atoms with E-state index in [1.54, 1.807) is 52.6 Å². The second kappa shape index (κ2) is 18.7.